The van der Waals surface area contributed by atoms with Crippen molar-refractivity contribution in [3.05, 3.63) is 18.7 Å². The predicted octanol–water partition coefficient (Wildman–Crippen LogP) is 0.178. The molecule has 2 heterocycles. The number of nitrogens with zero attached hydrogens (tertiary/aromatic N) is 3. The lowest BCUT2D eigenvalue weighted by Gasteiger charge is -2.19. The number of hydrogen-bond donors (Lipinski definition) is 1. The highest BCUT2D eigenvalue weighted by Crippen LogP contribution is 1.96. The molecule has 0 spiro atoms. The van der Waals surface area contributed by atoms with Crippen LogP contribution in [0.25, 0.3) is 0 Å². The van der Waals surface area contributed by atoms with Gasteiger partial charge in [0.1, 0.15) is 0 Å². The highest BCUT2D eigenvalue weighted by Gasteiger charge is 2.07. The second-order valence-electron chi connectivity index (χ2n) is 3.75. The molecule has 0 amide bonds. The Kier molecular flexibility index (Phi) is 3.54. The lowest BCUT2D eigenvalue weighted by molar-refractivity contribution is 0.280. The second kappa shape index (κ2) is 5.12. The SMILES string of the molecule is c1cn(CCN2CCCNCC2)cn1. The average molecular weight is 194 g/mol. The summed E-state index contributed by atoms with van der Waals surface area (Å²) >= 11 is 0. The van der Waals surface area contributed by atoms with Crippen LogP contribution in [-0.4, -0.2) is 47.2 Å². The number of nitrogens with one attached hydrogen (secondary N) is 1. The molecule has 0 unspecified atom stereocenters. The topological polar surface area (TPSA) is 33.1 Å². The van der Waals surface area contributed by atoms with Crippen molar-refractivity contribution in [2.75, 3.05) is 32.7 Å². The largest absolute Gasteiger partial charge is 0.336 e. The molecular weight excluding hydrogens is 176 g/mol. The Hall–Kier alpha value is -0.870. The van der Waals surface area contributed by atoms with Gasteiger partial charge < -0.3 is 14.8 Å². The van der Waals surface area contributed by atoms with Crippen LogP contribution >= 0.6 is 0 Å². The molecule has 1 aliphatic rings. The standard InChI is InChI=1S/C10H18N4/c1-2-11-3-6-13(5-1)8-9-14-7-4-12-10-14/h4,7,10-11H,1-3,5-6,8-9H2. The molecule has 0 aromatic carbocycles. The van der Waals surface area contributed by atoms with Crippen molar-refractivity contribution in [1.29, 1.82) is 0 Å². The van der Waals surface area contributed by atoms with Crippen LogP contribution in [0.15, 0.2) is 18.7 Å². The molecule has 0 radical (unpaired) electrons. The molecule has 2 rings (SSSR count). The average Bonchev–Trinajstić information content (AvgIpc) is 2.58. The van der Waals surface area contributed by atoms with Gasteiger partial charge in [0.15, 0.2) is 0 Å². The fourth-order valence-corrected chi connectivity index (χ4v) is 1.80. The fraction of sp³-hybridized carbons (Fsp3) is 0.700. The zero-order chi connectivity index (χ0) is 9.64. The molecule has 1 fully saturated rings. The van der Waals surface area contributed by atoms with Gasteiger partial charge in [0.05, 0.1) is 6.33 Å². The van der Waals surface area contributed by atoms with Gasteiger partial charge in [-0.25, -0.2) is 4.98 Å². The van der Waals surface area contributed by atoms with E-state index in [0.717, 1.165) is 19.6 Å². The molecule has 1 aromatic rings. The van der Waals surface area contributed by atoms with Crippen molar-refractivity contribution in [3.8, 4) is 0 Å². The van der Waals surface area contributed by atoms with Crippen LogP contribution in [0, 0.1) is 0 Å². The van der Waals surface area contributed by atoms with E-state index in [2.05, 4.69) is 19.8 Å². The Morgan fingerprint density at radius 3 is 3.07 bits per heavy atom. The maximum Gasteiger partial charge on any atom is 0.0946 e. The summed E-state index contributed by atoms with van der Waals surface area (Å²) < 4.78 is 2.14. The van der Waals surface area contributed by atoms with Crippen LogP contribution < -0.4 is 5.32 Å². The minimum absolute atomic E-state index is 1.06. The number of rotatable bonds is 3. The third-order valence-corrected chi connectivity index (χ3v) is 2.67. The van der Waals surface area contributed by atoms with E-state index in [0.29, 0.717) is 0 Å². The smallest absolute Gasteiger partial charge is 0.0946 e. The van der Waals surface area contributed by atoms with Crippen LogP contribution in [0.4, 0.5) is 0 Å². The molecule has 4 heteroatoms. The molecule has 0 atom stereocenters. The summed E-state index contributed by atoms with van der Waals surface area (Å²) in [5.41, 5.74) is 0. The Morgan fingerprint density at radius 2 is 2.21 bits per heavy atom. The van der Waals surface area contributed by atoms with Crippen molar-refractivity contribution < 1.29 is 0 Å². The molecular formula is C10H18N4. The van der Waals surface area contributed by atoms with Crippen LogP contribution in [0.1, 0.15) is 6.42 Å². The van der Waals surface area contributed by atoms with Crippen molar-refractivity contribution >= 4 is 0 Å². The second-order valence-corrected chi connectivity index (χ2v) is 3.75. The lowest BCUT2D eigenvalue weighted by atomic mass is 10.4. The number of aromatic nitrogens is 2. The molecule has 0 bridgehead atoms. The Bertz CT molecular complexity index is 237. The first-order valence-electron chi connectivity index (χ1n) is 5.34. The van der Waals surface area contributed by atoms with Gasteiger partial charge in [-0.3, -0.25) is 0 Å². The van der Waals surface area contributed by atoms with E-state index in [4.69, 9.17) is 0 Å². The van der Waals surface area contributed by atoms with E-state index in [1.165, 1.54) is 26.1 Å². The van der Waals surface area contributed by atoms with Gasteiger partial charge in [-0.2, -0.15) is 0 Å². The Morgan fingerprint density at radius 1 is 1.21 bits per heavy atom. The minimum Gasteiger partial charge on any atom is -0.336 e. The van der Waals surface area contributed by atoms with E-state index in [9.17, 15) is 0 Å². The van der Waals surface area contributed by atoms with Gasteiger partial charge in [0, 0.05) is 38.6 Å². The van der Waals surface area contributed by atoms with Crippen LogP contribution in [0.5, 0.6) is 0 Å². The fourth-order valence-electron chi connectivity index (χ4n) is 1.80. The van der Waals surface area contributed by atoms with Gasteiger partial charge in [-0.05, 0) is 19.5 Å². The zero-order valence-corrected chi connectivity index (χ0v) is 8.52. The van der Waals surface area contributed by atoms with E-state index >= 15 is 0 Å². The molecule has 78 valence electrons. The van der Waals surface area contributed by atoms with Crippen molar-refractivity contribution in [2.45, 2.75) is 13.0 Å². The monoisotopic (exact) mass is 194 g/mol. The quantitative estimate of drug-likeness (QED) is 0.745. The predicted molar refractivity (Wildman–Crippen MR) is 56.2 cm³/mol. The molecule has 1 saturated heterocycles. The van der Waals surface area contributed by atoms with Crippen molar-refractivity contribution in [2.24, 2.45) is 0 Å². The van der Waals surface area contributed by atoms with E-state index in [1.54, 1.807) is 0 Å². The molecule has 4 nitrogen and oxygen atoms in total. The summed E-state index contributed by atoms with van der Waals surface area (Å²) in [6.45, 7) is 6.89. The van der Waals surface area contributed by atoms with Crippen LogP contribution in [0.3, 0.4) is 0 Å². The summed E-state index contributed by atoms with van der Waals surface area (Å²) in [7, 11) is 0. The molecule has 0 saturated carbocycles. The minimum atomic E-state index is 1.06. The van der Waals surface area contributed by atoms with Gasteiger partial charge in [0.25, 0.3) is 0 Å². The summed E-state index contributed by atoms with van der Waals surface area (Å²) in [6, 6.07) is 0. The third kappa shape index (κ3) is 2.82. The lowest BCUT2D eigenvalue weighted by Crippen LogP contribution is -2.30. The first-order chi connectivity index (χ1) is 6.95. The van der Waals surface area contributed by atoms with Crippen molar-refractivity contribution in [1.82, 2.24) is 19.8 Å². The Labute approximate surface area is 84.9 Å². The number of imidazole rings is 1. The maximum absolute atomic E-state index is 4.04. The first-order valence-corrected chi connectivity index (χ1v) is 5.34. The molecule has 14 heavy (non-hydrogen) atoms. The van der Waals surface area contributed by atoms with Gasteiger partial charge in [0.2, 0.25) is 0 Å². The van der Waals surface area contributed by atoms with Gasteiger partial charge in [-0.15, -0.1) is 0 Å². The van der Waals surface area contributed by atoms with Crippen LogP contribution in [-0.2, 0) is 6.54 Å². The third-order valence-electron chi connectivity index (χ3n) is 2.67. The molecule has 1 aliphatic heterocycles. The summed E-state index contributed by atoms with van der Waals surface area (Å²) in [5, 5.41) is 3.41. The Balaban J connectivity index is 1.73. The summed E-state index contributed by atoms with van der Waals surface area (Å²) in [5.74, 6) is 0. The summed E-state index contributed by atoms with van der Waals surface area (Å²) in [6.07, 6.45) is 7.01. The number of hydrogen-bond acceptors (Lipinski definition) is 3. The van der Waals surface area contributed by atoms with E-state index in [1.807, 2.05) is 18.7 Å². The highest BCUT2D eigenvalue weighted by atomic mass is 15.2. The van der Waals surface area contributed by atoms with Gasteiger partial charge in [-0.1, -0.05) is 0 Å². The molecule has 1 aromatic heterocycles. The van der Waals surface area contributed by atoms with E-state index in [-0.39, 0.29) is 0 Å². The van der Waals surface area contributed by atoms with E-state index < -0.39 is 0 Å². The van der Waals surface area contributed by atoms with Crippen molar-refractivity contribution in [3.63, 3.8) is 0 Å². The molecule has 0 aliphatic carbocycles. The maximum atomic E-state index is 4.04. The normalized spacial score (nSPS) is 19.4. The zero-order valence-electron chi connectivity index (χ0n) is 8.52. The van der Waals surface area contributed by atoms with Gasteiger partial charge >= 0.3 is 0 Å². The van der Waals surface area contributed by atoms with Crippen LogP contribution in [0.2, 0.25) is 0 Å². The first kappa shape index (κ1) is 9.68. The molecule has 1 N–H and O–H groups in total. The highest BCUT2D eigenvalue weighted by molar-refractivity contribution is 4.75. The summed E-state index contributed by atoms with van der Waals surface area (Å²) in [4.78, 5) is 6.55.